The van der Waals surface area contributed by atoms with Crippen molar-refractivity contribution < 1.29 is 17.1 Å². The summed E-state index contributed by atoms with van der Waals surface area (Å²) in [6.07, 6.45) is 0. The molecule has 0 aliphatic carbocycles. The predicted molar refractivity (Wildman–Crippen MR) is 189 cm³/mol. The molecule has 228 valence electrons. The molecule has 5 heterocycles. The van der Waals surface area contributed by atoms with E-state index in [4.69, 9.17) is 39.9 Å². The van der Waals surface area contributed by atoms with Gasteiger partial charge in [0.1, 0.15) is 0 Å². The Morgan fingerprint density at radius 3 is 0.816 bits per heavy atom. The minimum Gasteiger partial charge on any atom is -0.357 e. The zero-order chi connectivity index (χ0) is 31.3. The summed E-state index contributed by atoms with van der Waals surface area (Å²) >= 11 is 0. The maximum Gasteiger partial charge on any atom is 2.00 e. The first-order chi connectivity index (χ1) is 23.7. The second kappa shape index (κ2) is 10.4. The van der Waals surface area contributed by atoms with Crippen molar-refractivity contribution in [2.45, 2.75) is 0 Å². The van der Waals surface area contributed by atoms with Crippen molar-refractivity contribution in [3.8, 4) is 45.6 Å². The van der Waals surface area contributed by atoms with Gasteiger partial charge in [-0.15, -0.1) is 0 Å². The van der Waals surface area contributed by atoms with Crippen molar-refractivity contribution in [3.63, 3.8) is 0 Å². The van der Waals surface area contributed by atoms with Gasteiger partial charge < -0.3 is 29.9 Å². The number of benzene rings is 6. The van der Waals surface area contributed by atoms with Crippen molar-refractivity contribution in [1.82, 2.24) is 39.9 Å². The Labute approximate surface area is 288 Å². The van der Waals surface area contributed by atoms with Crippen molar-refractivity contribution in [2.24, 2.45) is 0 Å². The van der Waals surface area contributed by atoms with Crippen LogP contribution >= 0.6 is 0 Å². The van der Waals surface area contributed by atoms with Gasteiger partial charge in [0.25, 0.3) is 0 Å². The summed E-state index contributed by atoms with van der Waals surface area (Å²) in [6.45, 7) is 0. The summed E-state index contributed by atoms with van der Waals surface area (Å²) in [4.78, 5) is 40.4. The average molecular weight is 669 g/mol. The van der Waals surface area contributed by atoms with E-state index < -0.39 is 0 Å². The normalized spacial score (nSPS) is 11.9. The van der Waals surface area contributed by atoms with Gasteiger partial charge in [0.2, 0.25) is 0 Å². The largest absolute Gasteiger partial charge is 2.00 e. The molecule has 9 heteroatoms. The Morgan fingerprint density at radius 2 is 0.551 bits per heavy atom. The van der Waals surface area contributed by atoms with Crippen molar-refractivity contribution in [2.75, 3.05) is 0 Å². The van der Waals surface area contributed by atoms with Crippen LogP contribution in [-0.2, 0) is 17.1 Å². The predicted octanol–water partition coefficient (Wildman–Crippen LogP) is 8.43. The quantitative estimate of drug-likeness (QED) is 0.148. The molecule has 9 aromatic rings. The number of hydrogen-bond donors (Lipinski definition) is 0. The first kappa shape index (κ1) is 27.8. The van der Waals surface area contributed by atoms with Crippen LogP contribution in [0, 0.1) is 0 Å². The molecule has 8 nitrogen and oxygen atoms in total. The van der Waals surface area contributed by atoms with E-state index in [1.807, 2.05) is 72.8 Å². The van der Waals surface area contributed by atoms with Crippen LogP contribution in [-0.4, -0.2) is 29.9 Å². The van der Waals surface area contributed by atoms with Crippen LogP contribution in [0.4, 0.5) is 0 Å². The maximum absolute atomic E-state index is 5.10. The van der Waals surface area contributed by atoms with Gasteiger partial charge in [-0.3, -0.25) is 0 Å². The van der Waals surface area contributed by atoms with Gasteiger partial charge in [-0.2, -0.15) is 0 Å². The van der Waals surface area contributed by atoms with Crippen molar-refractivity contribution in [1.29, 1.82) is 0 Å². The molecule has 8 bridgehead atoms. The minimum atomic E-state index is 0. The Hall–Kier alpha value is -6.28. The van der Waals surface area contributed by atoms with E-state index in [0.29, 0.717) is 45.9 Å². The summed E-state index contributed by atoms with van der Waals surface area (Å²) in [6, 6.07) is 41.1. The second-order valence-electron chi connectivity index (χ2n) is 12.1. The minimum absolute atomic E-state index is 0. The Kier molecular flexibility index (Phi) is 5.88. The van der Waals surface area contributed by atoms with Crippen LogP contribution in [0.1, 0.15) is 0 Å². The fourth-order valence-corrected chi connectivity index (χ4v) is 6.93. The van der Waals surface area contributed by atoms with E-state index in [2.05, 4.69) is 48.5 Å². The van der Waals surface area contributed by atoms with Crippen LogP contribution in [0.15, 0.2) is 121 Å². The Bertz CT molecular complexity index is 2630. The van der Waals surface area contributed by atoms with Gasteiger partial charge in [0.15, 0.2) is 0 Å². The molecule has 49 heavy (non-hydrogen) atoms. The molecular weight excluding hydrogens is 648 g/mol. The summed E-state index contributed by atoms with van der Waals surface area (Å²) < 4.78 is 0. The van der Waals surface area contributed by atoms with Crippen LogP contribution in [0.5, 0.6) is 0 Å². The van der Waals surface area contributed by atoms with Gasteiger partial charge in [0.05, 0.1) is 23.3 Å². The van der Waals surface area contributed by atoms with Crippen LogP contribution < -0.4 is 9.97 Å². The zero-order valence-electron chi connectivity index (χ0n) is 25.5. The summed E-state index contributed by atoms with van der Waals surface area (Å²) in [5.41, 5.74) is 5.71. The van der Waals surface area contributed by atoms with E-state index in [1.54, 1.807) is 0 Å². The number of fused-ring (bicyclic) bond motifs is 22. The SMILES string of the molecule is [Fe+2].c1ccc2c(c1)-c1nc-2nc2[n-]c(nc3nc(nc4[n-]c(n1)c1cc5ccccc5cc41)-c1ccccc1-3)c1cc3ccccc3cc21. The average Bonchev–Trinajstić information content (AvgIpc) is 3.85. The maximum atomic E-state index is 5.10. The number of rotatable bonds is 0. The Morgan fingerprint density at radius 1 is 0.306 bits per heavy atom. The first-order valence-electron chi connectivity index (χ1n) is 15.7. The van der Waals surface area contributed by atoms with E-state index in [0.717, 1.165) is 65.3 Å². The molecule has 11 rings (SSSR count). The van der Waals surface area contributed by atoms with E-state index in [-0.39, 0.29) is 17.1 Å². The third-order valence-electron chi connectivity index (χ3n) is 9.25. The topological polar surface area (TPSA) is 106 Å². The molecule has 2 aliphatic rings. The van der Waals surface area contributed by atoms with Crippen LogP contribution in [0.2, 0.25) is 0 Å². The third kappa shape index (κ3) is 4.16. The molecule has 0 saturated heterocycles. The van der Waals surface area contributed by atoms with Gasteiger partial charge in [-0.1, -0.05) is 97.1 Å². The first-order valence-corrected chi connectivity index (χ1v) is 15.7. The number of aromatic nitrogens is 8. The molecule has 0 radical (unpaired) electrons. The Balaban J connectivity index is 0.00000306. The molecule has 2 aliphatic heterocycles. The van der Waals surface area contributed by atoms with Crippen molar-refractivity contribution in [3.05, 3.63) is 121 Å². The molecule has 3 aromatic heterocycles. The van der Waals surface area contributed by atoms with Crippen molar-refractivity contribution >= 4 is 65.7 Å². The van der Waals surface area contributed by atoms with E-state index >= 15 is 0 Å². The molecule has 6 aromatic carbocycles. The molecule has 0 fully saturated rings. The monoisotopic (exact) mass is 668 g/mol. The van der Waals surface area contributed by atoms with Crippen LogP contribution in [0.3, 0.4) is 0 Å². The summed E-state index contributed by atoms with van der Waals surface area (Å²) in [5, 5.41) is 7.95. The standard InChI is InChI=1S/C40H20N8.Fe/c1-2-10-22-18-30-29(17-21(22)9-1)37-43-33-25-13-5-6-14-26(25)35(41-33)45-39-31-19-23-11-3-4-12-24(23)20-32(31)40(48-39)46-36-28-16-8-7-15-27(28)34(42-36)44-38(30)47-37;/h1-20H;/q-2;+2. The molecule has 0 unspecified atom stereocenters. The van der Waals surface area contributed by atoms with Gasteiger partial charge in [-0.25, -0.2) is 9.97 Å². The van der Waals surface area contributed by atoms with Crippen LogP contribution in [0.25, 0.3) is 111 Å². The molecule has 0 spiro atoms. The fourth-order valence-electron chi connectivity index (χ4n) is 6.93. The zero-order valence-corrected chi connectivity index (χ0v) is 26.6. The number of hydrogen-bond acceptors (Lipinski definition) is 6. The molecule has 0 amide bonds. The van der Waals surface area contributed by atoms with Gasteiger partial charge in [-0.05, 0) is 67.4 Å². The third-order valence-corrected chi connectivity index (χ3v) is 9.25. The molecular formula is C40H20FeN8. The van der Waals surface area contributed by atoms with E-state index in [1.165, 1.54) is 0 Å². The molecule has 0 saturated carbocycles. The van der Waals surface area contributed by atoms with Gasteiger partial charge in [0, 0.05) is 44.8 Å². The smallest absolute Gasteiger partial charge is 0.357 e. The second-order valence-corrected chi connectivity index (χ2v) is 12.1. The molecule has 0 N–H and O–H groups in total. The van der Waals surface area contributed by atoms with Gasteiger partial charge >= 0.3 is 17.1 Å². The van der Waals surface area contributed by atoms with E-state index in [9.17, 15) is 0 Å². The number of nitrogens with zero attached hydrogens (tertiary/aromatic N) is 8. The molecule has 0 atom stereocenters. The fraction of sp³-hybridized carbons (Fsp3) is 0. The summed E-state index contributed by atoms with van der Waals surface area (Å²) in [7, 11) is 0. The summed E-state index contributed by atoms with van der Waals surface area (Å²) in [5.74, 6) is 2.17.